The lowest BCUT2D eigenvalue weighted by Crippen LogP contribution is -2.39. The first-order valence-electron chi connectivity index (χ1n) is 8.03. The third-order valence-electron chi connectivity index (χ3n) is 3.71. The van der Waals surface area contributed by atoms with Crippen LogP contribution in [0.3, 0.4) is 0 Å². The van der Waals surface area contributed by atoms with Gasteiger partial charge >= 0.3 is 0 Å². The maximum Gasteiger partial charge on any atom is 0.190 e. The van der Waals surface area contributed by atoms with Gasteiger partial charge in [0.25, 0.3) is 0 Å². The van der Waals surface area contributed by atoms with E-state index in [1.165, 1.54) is 17.7 Å². The van der Waals surface area contributed by atoms with Crippen molar-refractivity contribution in [1.29, 1.82) is 0 Å². The quantitative estimate of drug-likeness (QED) is 0.606. The third kappa shape index (κ3) is 5.91. The zero-order chi connectivity index (χ0) is 17.2. The summed E-state index contributed by atoms with van der Waals surface area (Å²) in [5, 5.41) is 6.55. The molecular formula is C19H24FN3O. The maximum absolute atomic E-state index is 12.9. The van der Waals surface area contributed by atoms with Crippen LogP contribution >= 0.6 is 0 Å². The molecule has 0 saturated heterocycles. The molecule has 0 aliphatic heterocycles. The minimum Gasteiger partial charge on any atom is -0.497 e. The van der Waals surface area contributed by atoms with Gasteiger partial charge in [0.2, 0.25) is 0 Å². The van der Waals surface area contributed by atoms with Gasteiger partial charge in [0, 0.05) is 20.1 Å². The van der Waals surface area contributed by atoms with E-state index in [0.717, 1.165) is 43.2 Å². The number of nitrogens with one attached hydrogen (secondary N) is 2. The van der Waals surface area contributed by atoms with Gasteiger partial charge in [-0.3, -0.25) is 4.99 Å². The summed E-state index contributed by atoms with van der Waals surface area (Å²) in [5.41, 5.74) is 2.34. The number of nitrogens with zero attached hydrogens (tertiary/aromatic N) is 1. The van der Waals surface area contributed by atoms with Gasteiger partial charge in [0.05, 0.1) is 7.11 Å². The molecule has 2 aromatic rings. The van der Waals surface area contributed by atoms with Crippen LogP contribution in [0.5, 0.6) is 5.75 Å². The Kier molecular flexibility index (Phi) is 7.08. The zero-order valence-corrected chi connectivity index (χ0v) is 14.2. The van der Waals surface area contributed by atoms with E-state index in [2.05, 4.69) is 27.8 Å². The summed E-state index contributed by atoms with van der Waals surface area (Å²) in [6, 6.07) is 14.6. The first kappa shape index (κ1) is 17.8. The molecule has 0 amide bonds. The van der Waals surface area contributed by atoms with Gasteiger partial charge in [-0.2, -0.15) is 0 Å². The van der Waals surface area contributed by atoms with E-state index < -0.39 is 0 Å². The van der Waals surface area contributed by atoms with Gasteiger partial charge in [0.1, 0.15) is 11.6 Å². The van der Waals surface area contributed by atoms with Crippen molar-refractivity contribution in [1.82, 2.24) is 10.6 Å². The summed E-state index contributed by atoms with van der Waals surface area (Å²) in [4.78, 5) is 4.21. The second-order valence-corrected chi connectivity index (χ2v) is 5.40. The van der Waals surface area contributed by atoms with Crippen LogP contribution in [0.25, 0.3) is 0 Å². The largest absolute Gasteiger partial charge is 0.497 e. The van der Waals surface area contributed by atoms with Gasteiger partial charge in [-0.15, -0.1) is 0 Å². The van der Waals surface area contributed by atoms with E-state index in [9.17, 15) is 4.39 Å². The monoisotopic (exact) mass is 329 g/mol. The lowest BCUT2D eigenvalue weighted by Gasteiger charge is -2.12. The molecule has 0 atom stereocenters. The Morgan fingerprint density at radius 2 is 1.42 bits per heavy atom. The molecule has 0 fully saturated rings. The summed E-state index contributed by atoms with van der Waals surface area (Å²) >= 11 is 0. The van der Waals surface area contributed by atoms with E-state index in [1.807, 2.05) is 12.1 Å². The van der Waals surface area contributed by atoms with Gasteiger partial charge in [-0.1, -0.05) is 24.3 Å². The van der Waals surface area contributed by atoms with Crippen molar-refractivity contribution in [2.24, 2.45) is 4.99 Å². The summed E-state index contributed by atoms with van der Waals surface area (Å²) in [6.45, 7) is 1.54. The normalized spacial score (nSPS) is 11.2. The molecule has 0 bridgehead atoms. The minimum atomic E-state index is -0.206. The second kappa shape index (κ2) is 9.55. The van der Waals surface area contributed by atoms with Gasteiger partial charge in [-0.05, 0) is 48.2 Å². The molecule has 0 unspecified atom stereocenters. The molecule has 24 heavy (non-hydrogen) atoms. The van der Waals surface area contributed by atoms with Crippen LogP contribution in [0.1, 0.15) is 11.1 Å². The number of halogens is 1. The molecule has 2 N–H and O–H groups in total. The van der Waals surface area contributed by atoms with E-state index in [1.54, 1.807) is 26.3 Å². The Morgan fingerprint density at radius 3 is 1.88 bits per heavy atom. The molecule has 0 radical (unpaired) electrons. The van der Waals surface area contributed by atoms with E-state index in [0.29, 0.717) is 0 Å². The van der Waals surface area contributed by atoms with E-state index in [-0.39, 0.29) is 5.82 Å². The lowest BCUT2D eigenvalue weighted by molar-refractivity contribution is 0.414. The highest BCUT2D eigenvalue weighted by Crippen LogP contribution is 2.11. The van der Waals surface area contributed by atoms with Crippen molar-refractivity contribution >= 4 is 5.96 Å². The average Bonchev–Trinajstić information content (AvgIpc) is 2.62. The Balaban J connectivity index is 1.69. The molecule has 0 aliphatic rings. The van der Waals surface area contributed by atoms with Crippen LogP contribution in [0, 0.1) is 5.82 Å². The molecule has 2 aromatic carbocycles. The zero-order valence-electron chi connectivity index (χ0n) is 14.2. The summed E-state index contributed by atoms with van der Waals surface area (Å²) < 4.78 is 18.0. The van der Waals surface area contributed by atoms with Crippen molar-refractivity contribution in [3.05, 3.63) is 65.5 Å². The second-order valence-electron chi connectivity index (χ2n) is 5.40. The number of rotatable bonds is 7. The molecule has 0 spiro atoms. The fourth-order valence-electron chi connectivity index (χ4n) is 2.31. The van der Waals surface area contributed by atoms with Crippen LogP contribution < -0.4 is 15.4 Å². The molecule has 0 aromatic heterocycles. The predicted octanol–water partition coefficient (Wildman–Crippen LogP) is 2.78. The highest BCUT2D eigenvalue weighted by atomic mass is 19.1. The fourth-order valence-corrected chi connectivity index (χ4v) is 2.31. The topological polar surface area (TPSA) is 45.7 Å². The molecule has 4 nitrogen and oxygen atoms in total. The van der Waals surface area contributed by atoms with Crippen molar-refractivity contribution < 1.29 is 9.13 Å². The highest BCUT2D eigenvalue weighted by Gasteiger charge is 1.99. The number of hydrogen-bond donors (Lipinski definition) is 2. The number of guanidine groups is 1. The Morgan fingerprint density at radius 1 is 0.917 bits per heavy atom. The van der Waals surface area contributed by atoms with Crippen molar-refractivity contribution in [2.45, 2.75) is 12.8 Å². The van der Waals surface area contributed by atoms with Gasteiger partial charge < -0.3 is 15.4 Å². The molecule has 2 rings (SSSR count). The van der Waals surface area contributed by atoms with Crippen molar-refractivity contribution in [3.8, 4) is 5.75 Å². The Bertz CT molecular complexity index is 639. The molecule has 0 heterocycles. The number of ether oxygens (including phenoxy) is 1. The lowest BCUT2D eigenvalue weighted by atomic mass is 10.1. The fraction of sp³-hybridized carbons (Fsp3) is 0.316. The van der Waals surface area contributed by atoms with Crippen molar-refractivity contribution in [3.63, 3.8) is 0 Å². The smallest absolute Gasteiger partial charge is 0.190 e. The van der Waals surface area contributed by atoms with Crippen LogP contribution in [-0.2, 0) is 12.8 Å². The Hall–Kier alpha value is -2.56. The molecule has 128 valence electrons. The Labute approximate surface area is 142 Å². The molecule has 5 heteroatoms. The van der Waals surface area contributed by atoms with Crippen LogP contribution in [0.15, 0.2) is 53.5 Å². The number of benzene rings is 2. The molecule has 0 aliphatic carbocycles. The van der Waals surface area contributed by atoms with Crippen LogP contribution in [0.2, 0.25) is 0 Å². The van der Waals surface area contributed by atoms with Gasteiger partial charge in [-0.25, -0.2) is 4.39 Å². The van der Waals surface area contributed by atoms with Crippen LogP contribution in [0.4, 0.5) is 4.39 Å². The van der Waals surface area contributed by atoms with Gasteiger partial charge in [0.15, 0.2) is 5.96 Å². The average molecular weight is 329 g/mol. The molecular weight excluding hydrogens is 305 g/mol. The summed E-state index contributed by atoms with van der Waals surface area (Å²) in [6.07, 6.45) is 1.72. The van der Waals surface area contributed by atoms with E-state index in [4.69, 9.17) is 4.74 Å². The van der Waals surface area contributed by atoms with E-state index >= 15 is 0 Å². The van der Waals surface area contributed by atoms with Crippen molar-refractivity contribution in [2.75, 3.05) is 27.2 Å². The number of aliphatic imine (C=N–C) groups is 1. The standard InChI is InChI=1S/C19H24FN3O/c1-21-19(22-13-11-15-3-7-17(20)8-4-15)23-14-12-16-5-9-18(24-2)10-6-16/h3-10H,11-14H2,1-2H3,(H2,21,22,23). The maximum atomic E-state index is 12.9. The first-order chi connectivity index (χ1) is 11.7. The van der Waals surface area contributed by atoms with Crippen LogP contribution in [-0.4, -0.2) is 33.2 Å². The number of hydrogen-bond acceptors (Lipinski definition) is 2. The number of methoxy groups -OCH3 is 1. The minimum absolute atomic E-state index is 0.206. The molecule has 0 saturated carbocycles. The highest BCUT2D eigenvalue weighted by molar-refractivity contribution is 5.79. The third-order valence-corrected chi connectivity index (χ3v) is 3.71. The predicted molar refractivity (Wildman–Crippen MR) is 96.2 cm³/mol. The summed E-state index contributed by atoms with van der Waals surface area (Å²) in [5.74, 6) is 1.43. The first-order valence-corrected chi connectivity index (χ1v) is 8.03. The SMILES string of the molecule is CN=C(NCCc1ccc(F)cc1)NCCc1ccc(OC)cc1. The summed E-state index contributed by atoms with van der Waals surface area (Å²) in [7, 11) is 3.42.